The van der Waals surface area contributed by atoms with Gasteiger partial charge in [-0.25, -0.2) is 9.97 Å². The van der Waals surface area contributed by atoms with Gasteiger partial charge in [-0.2, -0.15) is 0 Å². The Morgan fingerprint density at radius 2 is 1.50 bits per heavy atom. The first-order valence-electron chi connectivity index (χ1n) is 8.48. The van der Waals surface area contributed by atoms with Crippen molar-refractivity contribution in [2.45, 2.75) is 27.7 Å². The summed E-state index contributed by atoms with van der Waals surface area (Å²) >= 11 is 0. The zero-order chi connectivity index (χ0) is 18.7. The van der Waals surface area contributed by atoms with Crippen molar-refractivity contribution >= 4 is 23.2 Å². The summed E-state index contributed by atoms with van der Waals surface area (Å²) in [6.45, 7) is 8.12. The van der Waals surface area contributed by atoms with E-state index in [9.17, 15) is 4.79 Å². The summed E-state index contributed by atoms with van der Waals surface area (Å²) in [6.07, 6.45) is 3.06. The summed E-state index contributed by atoms with van der Waals surface area (Å²) in [4.78, 5) is 20.9. The molecule has 1 amide bonds. The van der Waals surface area contributed by atoms with Crippen molar-refractivity contribution in [3.8, 4) is 0 Å². The number of aromatic nitrogens is 2. The van der Waals surface area contributed by atoms with Crippen LogP contribution in [0.1, 0.15) is 32.6 Å². The highest BCUT2D eigenvalue weighted by Gasteiger charge is 2.10. The van der Waals surface area contributed by atoms with E-state index in [1.54, 1.807) is 0 Å². The van der Waals surface area contributed by atoms with Gasteiger partial charge in [-0.1, -0.05) is 35.9 Å². The van der Waals surface area contributed by atoms with E-state index >= 15 is 0 Å². The van der Waals surface area contributed by atoms with E-state index in [0.717, 1.165) is 28.1 Å². The minimum Gasteiger partial charge on any atom is -0.324 e. The predicted octanol–water partition coefficient (Wildman–Crippen LogP) is 4.71. The summed E-state index contributed by atoms with van der Waals surface area (Å²) < 4.78 is 0. The summed E-state index contributed by atoms with van der Waals surface area (Å²) in [7, 11) is 0. The normalized spacial score (nSPS) is 10.5. The third-order valence-electron chi connectivity index (χ3n) is 4.22. The van der Waals surface area contributed by atoms with Crippen LogP contribution in [0, 0.1) is 27.7 Å². The Morgan fingerprint density at radius 3 is 2.12 bits per heavy atom. The van der Waals surface area contributed by atoms with Gasteiger partial charge in [-0.05, 0) is 50.5 Å². The lowest BCUT2D eigenvalue weighted by atomic mass is 10.1. The molecule has 3 aromatic rings. The number of rotatable bonds is 4. The predicted molar refractivity (Wildman–Crippen MR) is 105 cm³/mol. The molecule has 0 aliphatic heterocycles. The second kappa shape index (κ2) is 7.35. The first-order valence-corrected chi connectivity index (χ1v) is 8.48. The molecule has 0 fully saturated rings. The van der Waals surface area contributed by atoms with Crippen molar-refractivity contribution in [2.24, 2.45) is 0 Å². The van der Waals surface area contributed by atoms with Crippen LogP contribution >= 0.6 is 0 Å². The summed E-state index contributed by atoms with van der Waals surface area (Å²) in [6, 6.07) is 11.9. The van der Waals surface area contributed by atoms with E-state index in [0.29, 0.717) is 11.5 Å². The van der Waals surface area contributed by atoms with Gasteiger partial charge >= 0.3 is 0 Å². The summed E-state index contributed by atoms with van der Waals surface area (Å²) in [5, 5.41) is 6.12. The van der Waals surface area contributed by atoms with E-state index in [-0.39, 0.29) is 5.91 Å². The topological polar surface area (TPSA) is 66.9 Å². The first kappa shape index (κ1) is 17.6. The Kier molecular flexibility index (Phi) is 4.98. The fraction of sp³-hybridized carbons (Fsp3) is 0.190. The minimum absolute atomic E-state index is 0.228. The maximum absolute atomic E-state index is 12.4. The first-order chi connectivity index (χ1) is 12.4. The number of anilines is 3. The van der Waals surface area contributed by atoms with Crippen LogP contribution in [0.15, 0.2) is 48.8 Å². The van der Waals surface area contributed by atoms with Crippen molar-refractivity contribution in [1.29, 1.82) is 0 Å². The number of hydrogen-bond acceptors (Lipinski definition) is 4. The number of aryl methyl sites for hydroxylation is 4. The number of carbonyl (C=O) groups excluding carboxylic acids is 1. The molecule has 2 N–H and O–H groups in total. The monoisotopic (exact) mass is 346 g/mol. The molecular formula is C21H22N4O. The number of hydrogen-bond donors (Lipinski definition) is 2. The quantitative estimate of drug-likeness (QED) is 0.718. The molecule has 0 saturated carbocycles. The molecule has 5 nitrogen and oxygen atoms in total. The highest BCUT2D eigenvalue weighted by Crippen LogP contribution is 2.24. The van der Waals surface area contributed by atoms with Gasteiger partial charge in [0.15, 0.2) is 0 Å². The molecule has 26 heavy (non-hydrogen) atoms. The van der Waals surface area contributed by atoms with Gasteiger partial charge in [0, 0.05) is 23.8 Å². The van der Waals surface area contributed by atoms with E-state index in [4.69, 9.17) is 0 Å². The van der Waals surface area contributed by atoms with Gasteiger partial charge in [0.2, 0.25) is 5.95 Å². The van der Waals surface area contributed by atoms with Crippen molar-refractivity contribution in [2.75, 3.05) is 10.6 Å². The van der Waals surface area contributed by atoms with E-state index in [1.807, 2.05) is 45.0 Å². The SMILES string of the molecule is Cc1cc(C)c(Nc2ncc(C(=O)Nc3ccccc3C)cn2)c(C)c1. The Labute approximate surface area is 153 Å². The summed E-state index contributed by atoms with van der Waals surface area (Å²) in [5.41, 5.74) is 6.68. The molecule has 132 valence electrons. The third kappa shape index (κ3) is 3.88. The number of carbonyl (C=O) groups is 1. The van der Waals surface area contributed by atoms with Crippen LogP contribution in [-0.2, 0) is 0 Å². The fourth-order valence-corrected chi connectivity index (χ4v) is 2.91. The third-order valence-corrected chi connectivity index (χ3v) is 4.22. The largest absolute Gasteiger partial charge is 0.324 e. The van der Waals surface area contributed by atoms with E-state index < -0.39 is 0 Å². The lowest BCUT2D eigenvalue weighted by Crippen LogP contribution is -2.14. The number of amides is 1. The lowest BCUT2D eigenvalue weighted by molar-refractivity contribution is 0.102. The maximum Gasteiger partial charge on any atom is 0.258 e. The molecule has 3 rings (SSSR count). The molecule has 0 aliphatic carbocycles. The number of benzene rings is 2. The maximum atomic E-state index is 12.4. The van der Waals surface area contributed by atoms with Crippen LogP contribution in [0.5, 0.6) is 0 Å². The number of nitrogens with zero attached hydrogens (tertiary/aromatic N) is 2. The highest BCUT2D eigenvalue weighted by atomic mass is 16.1. The Hall–Kier alpha value is -3.21. The molecule has 1 heterocycles. The molecular weight excluding hydrogens is 324 g/mol. The molecule has 0 bridgehead atoms. The molecule has 5 heteroatoms. The van der Waals surface area contributed by atoms with Crippen molar-refractivity contribution in [3.63, 3.8) is 0 Å². The van der Waals surface area contributed by atoms with Crippen LogP contribution in [0.3, 0.4) is 0 Å². The van der Waals surface area contributed by atoms with Gasteiger partial charge in [-0.15, -0.1) is 0 Å². The van der Waals surface area contributed by atoms with E-state index in [2.05, 4.69) is 39.7 Å². The molecule has 0 saturated heterocycles. The van der Waals surface area contributed by atoms with Crippen molar-refractivity contribution < 1.29 is 4.79 Å². The van der Waals surface area contributed by atoms with E-state index in [1.165, 1.54) is 18.0 Å². The summed E-state index contributed by atoms with van der Waals surface area (Å²) in [5.74, 6) is 0.237. The number of nitrogens with one attached hydrogen (secondary N) is 2. The molecule has 0 atom stereocenters. The molecule has 0 radical (unpaired) electrons. The van der Waals surface area contributed by atoms with Gasteiger partial charge in [0.1, 0.15) is 0 Å². The lowest BCUT2D eigenvalue weighted by Gasteiger charge is -2.13. The van der Waals surface area contributed by atoms with Crippen LogP contribution in [0.4, 0.5) is 17.3 Å². The van der Waals surface area contributed by atoms with Gasteiger partial charge in [-0.3, -0.25) is 4.79 Å². The zero-order valence-electron chi connectivity index (χ0n) is 15.4. The van der Waals surface area contributed by atoms with Crippen LogP contribution in [-0.4, -0.2) is 15.9 Å². The molecule has 2 aromatic carbocycles. The van der Waals surface area contributed by atoms with Crippen LogP contribution in [0.2, 0.25) is 0 Å². The second-order valence-electron chi connectivity index (χ2n) is 6.46. The second-order valence-corrected chi connectivity index (χ2v) is 6.46. The average Bonchev–Trinajstić information content (AvgIpc) is 2.60. The van der Waals surface area contributed by atoms with Crippen LogP contribution in [0.25, 0.3) is 0 Å². The minimum atomic E-state index is -0.228. The number of para-hydroxylation sites is 1. The molecule has 0 unspecified atom stereocenters. The molecule has 1 aromatic heterocycles. The Balaban J connectivity index is 1.75. The van der Waals surface area contributed by atoms with Crippen molar-refractivity contribution in [1.82, 2.24) is 9.97 Å². The van der Waals surface area contributed by atoms with Crippen LogP contribution < -0.4 is 10.6 Å². The van der Waals surface area contributed by atoms with Crippen molar-refractivity contribution in [3.05, 3.63) is 76.6 Å². The smallest absolute Gasteiger partial charge is 0.258 e. The van der Waals surface area contributed by atoms with Gasteiger partial charge < -0.3 is 10.6 Å². The Morgan fingerprint density at radius 1 is 0.885 bits per heavy atom. The fourth-order valence-electron chi connectivity index (χ4n) is 2.91. The Bertz CT molecular complexity index is 925. The van der Waals surface area contributed by atoms with Gasteiger partial charge in [0.25, 0.3) is 5.91 Å². The standard InChI is InChI=1S/C21H22N4O/c1-13-9-15(3)19(16(4)10-13)25-21-22-11-17(12-23-21)20(26)24-18-8-6-5-7-14(18)2/h5-12H,1-4H3,(H,24,26)(H,22,23,25). The molecule has 0 spiro atoms. The molecule has 0 aliphatic rings. The zero-order valence-corrected chi connectivity index (χ0v) is 15.4. The highest BCUT2D eigenvalue weighted by molar-refractivity contribution is 6.04. The average molecular weight is 346 g/mol. The van der Waals surface area contributed by atoms with Gasteiger partial charge in [0.05, 0.1) is 5.56 Å².